The van der Waals surface area contributed by atoms with Crippen molar-refractivity contribution in [2.75, 3.05) is 37.6 Å². The van der Waals surface area contributed by atoms with Crippen LogP contribution in [0.4, 0.5) is 5.82 Å². The lowest BCUT2D eigenvalue weighted by Gasteiger charge is -2.39. The molecule has 0 radical (unpaired) electrons. The maximum absolute atomic E-state index is 13.2. The van der Waals surface area contributed by atoms with Crippen molar-refractivity contribution in [1.29, 1.82) is 0 Å². The second-order valence-corrected chi connectivity index (χ2v) is 10.1. The van der Waals surface area contributed by atoms with Crippen LogP contribution in [0.1, 0.15) is 44.0 Å². The molecule has 3 atom stereocenters. The quantitative estimate of drug-likeness (QED) is 0.617. The fourth-order valence-corrected chi connectivity index (χ4v) is 5.38. The molecule has 0 spiro atoms. The minimum atomic E-state index is -0.0891. The highest BCUT2D eigenvalue weighted by molar-refractivity contribution is 5.93. The lowest BCUT2D eigenvalue weighted by atomic mass is 9.69. The van der Waals surface area contributed by atoms with E-state index in [-0.39, 0.29) is 23.7 Å². The molecule has 1 aliphatic carbocycles. The standard InChI is InChI=1S/C28H37N5O2/c1-20(2)25-16-23(21(3)15-24(25)19-31-28(35)22-7-6-9-29-18-22)17-27(34)33-13-11-32(12-14-33)26-8-4-5-10-30-26/h4-10,15,18,20,23-25H,11-14,16-17,19H2,1-3H3,(H,31,35). The number of carbonyl (C=O) groups excluding carboxylic acids is 2. The van der Waals surface area contributed by atoms with E-state index in [1.807, 2.05) is 29.3 Å². The van der Waals surface area contributed by atoms with Gasteiger partial charge in [0.05, 0.1) is 5.56 Å². The van der Waals surface area contributed by atoms with Gasteiger partial charge in [-0.15, -0.1) is 0 Å². The summed E-state index contributed by atoms with van der Waals surface area (Å²) in [5, 5.41) is 3.09. The molecule has 7 heteroatoms. The van der Waals surface area contributed by atoms with E-state index in [1.165, 1.54) is 5.57 Å². The molecule has 2 amide bonds. The summed E-state index contributed by atoms with van der Waals surface area (Å²) in [5.41, 5.74) is 1.85. The van der Waals surface area contributed by atoms with Crippen LogP contribution >= 0.6 is 0 Å². The molecule has 1 N–H and O–H groups in total. The largest absolute Gasteiger partial charge is 0.353 e. The molecule has 1 fully saturated rings. The normalized spacial score (nSPS) is 22.6. The topological polar surface area (TPSA) is 78.4 Å². The zero-order valence-corrected chi connectivity index (χ0v) is 21.1. The second kappa shape index (κ2) is 11.5. The Kier molecular flexibility index (Phi) is 8.16. The third-order valence-corrected chi connectivity index (χ3v) is 7.53. The molecular formula is C28H37N5O2. The zero-order valence-electron chi connectivity index (χ0n) is 21.1. The first-order valence-electron chi connectivity index (χ1n) is 12.7. The fraction of sp³-hybridized carbons (Fsp3) is 0.500. The number of carbonyl (C=O) groups is 2. The number of anilines is 1. The van der Waals surface area contributed by atoms with Crippen LogP contribution in [-0.2, 0) is 4.79 Å². The van der Waals surface area contributed by atoms with Gasteiger partial charge in [-0.2, -0.15) is 0 Å². The molecule has 2 aromatic heterocycles. The number of rotatable bonds is 7. The number of allylic oxidation sites excluding steroid dienone is 1. The number of amides is 2. The van der Waals surface area contributed by atoms with Crippen LogP contribution in [0.3, 0.4) is 0 Å². The summed E-state index contributed by atoms with van der Waals surface area (Å²) in [6.07, 6.45) is 8.91. The first kappa shape index (κ1) is 24.9. The Bertz CT molecular complexity index is 1020. The Balaban J connectivity index is 1.33. The van der Waals surface area contributed by atoms with Crippen LogP contribution in [0.25, 0.3) is 0 Å². The van der Waals surface area contributed by atoms with Gasteiger partial charge in [0.1, 0.15) is 5.82 Å². The number of nitrogens with zero attached hydrogens (tertiary/aromatic N) is 4. The Morgan fingerprint density at radius 2 is 1.89 bits per heavy atom. The first-order valence-corrected chi connectivity index (χ1v) is 12.7. The van der Waals surface area contributed by atoms with Crippen LogP contribution in [0.5, 0.6) is 0 Å². The third kappa shape index (κ3) is 6.27. The van der Waals surface area contributed by atoms with Gasteiger partial charge < -0.3 is 15.1 Å². The van der Waals surface area contributed by atoms with Crippen molar-refractivity contribution < 1.29 is 9.59 Å². The zero-order chi connectivity index (χ0) is 24.8. The molecule has 2 aromatic rings. The third-order valence-electron chi connectivity index (χ3n) is 7.53. The van der Waals surface area contributed by atoms with E-state index in [2.05, 4.69) is 47.0 Å². The average molecular weight is 476 g/mol. The minimum Gasteiger partial charge on any atom is -0.353 e. The Hall–Kier alpha value is -3.22. The number of pyridine rings is 2. The highest BCUT2D eigenvalue weighted by Gasteiger charge is 2.34. The van der Waals surface area contributed by atoms with Gasteiger partial charge in [-0.1, -0.05) is 31.6 Å². The summed E-state index contributed by atoms with van der Waals surface area (Å²) in [6.45, 7) is 10.3. The van der Waals surface area contributed by atoms with E-state index in [0.717, 1.165) is 38.4 Å². The van der Waals surface area contributed by atoms with Gasteiger partial charge in [0.2, 0.25) is 5.91 Å². The van der Waals surface area contributed by atoms with Crippen LogP contribution in [0.15, 0.2) is 60.6 Å². The summed E-state index contributed by atoms with van der Waals surface area (Å²) in [4.78, 5) is 38.4. The highest BCUT2D eigenvalue weighted by Crippen LogP contribution is 2.39. The first-order chi connectivity index (χ1) is 16.9. The molecule has 4 rings (SSSR count). The van der Waals surface area contributed by atoms with Gasteiger partial charge in [0.25, 0.3) is 5.91 Å². The van der Waals surface area contributed by atoms with Crippen molar-refractivity contribution in [3.63, 3.8) is 0 Å². The van der Waals surface area contributed by atoms with E-state index >= 15 is 0 Å². The second-order valence-electron chi connectivity index (χ2n) is 10.1. The highest BCUT2D eigenvalue weighted by atomic mass is 16.2. The van der Waals surface area contributed by atoms with E-state index in [4.69, 9.17) is 0 Å². The summed E-state index contributed by atoms with van der Waals surface area (Å²) in [7, 11) is 0. The lowest BCUT2D eigenvalue weighted by molar-refractivity contribution is -0.132. The number of hydrogen-bond donors (Lipinski definition) is 1. The van der Waals surface area contributed by atoms with Gasteiger partial charge in [-0.3, -0.25) is 14.6 Å². The molecule has 1 saturated heterocycles. The molecule has 3 unspecified atom stereocenters. The number of hydrogen-bond acceptors (Lipinski definition) is 5. The van der Waals surface area contributed by atoms with Crippen molar-refractivity contribution in [3.05, 3.63) is 66.1 Å². The van der Waals surface area contributed by atoms with Crippen molar-refractivity contribution in [2.45, 2.75) is 33.6 Å². The van der Waals surface area contributed by atoms with Crippen LogP contribution < -0.4 is 10.2 Å². The predicted octanol–water partition coefficient (Wildman–Crippen LogP) is 3.80. The Labute approximate surface area is 208 Å². The van der Waals surface area contributed by atoms with Crippen molar-refractivity contribution in [1.82, 2.24) is 20.2 Å². The summed E-state index contributed by atoms with van der Waals surface area (Å²) in [6, 6.07) is 9.50. The van der Waals surface area contributed by atoms with Crippen molar-refractivity contribution in [2.24, 2.45) is 23.7 Å². The molecule has 2 aliphatic rings. The summed E-state index contributed by atoms with van der Waals surface area (Å²) in [5.74, 6) is 2.55. The molecular weight excluding hydrogens is 438 g/mol. The van der Waals surface area contributed by atoms with Gasteiger partial charge in [0.15, 0.2) is 0 Å². The summed E-state index contributed by atoms with van der Waals surface area (Å²) < 4.78 is 0. The monoisotopic (exact) mass is 475 g/mol. The maximum Gasteiger partial charge on any atom is 0.252 e. The minimum absolute atomic E-state index is 0.0891. The molecule has 0 aromatic carbocycles. The molecule has 1 aliphatic heterocycles. The van der Waals surface area contributed by atoms with E-state index in [1.54, 1.807) is 24.5 Å². The van der Waals surface area contributed by atoms with E-state index in [0.29, 0.717) is 30.4 Å². The smallest absolute Gasteiger partial charge is 0.252 e. The van der Waals surface area contributed by atoms with Gasteiger partial charge in [-0.05, 0) is 61.3 Å². The van der Waals surface area contributed by atoms with Gasteiger partial charge in [-0.25, -0.2) is 4.98 Å². The molecule has 3 heterocycles. The van der Waals surface area contributed by atoms with E-state index < -0.39 is 0 Å². The molecule has 186 valence electrons. The van der Waals surface area contributed by atoms with Crippen LogP contribution in [0, 0.1) is 23.7 Å². The van der Waals surface area contributed by atoms with Crippen molar-refractivity contribution in [3.8, 4) is 0 Å². The summed E-state index contributed by atoms with van der Waals surface area (Å²) >= 11 is 0. The average Bonchev–Trinajstić information content (AvgIpc) is 2.89. The number of nitrogens with one attached hydrogen (secondary N) is 1. The molecule has 0 saturated carbocycles. The van der Waals surface area contributed by atoms with E-state index in [9.17, 15) is 9.59 Å². The SMILES string of the molecule is CC1=CC(CNC(=O)c2cccnc2)C(C(C)C)CC1CC(=O)N1CCN(c2ccccn2)CC1. The van der Waals surface area contributed by atoms with Gasteiger partial charge in [0, 0.05) is 57.7 Å². The Morgan fingerprint density at radius 1 is 1.09 bits per heavy atom. The lowest BCUT2D eigenvalue weighted by Crippen LogP contribution is -2.49. The van der Waals surface area contributed by atoms with Crippen molar-refractivity contribution >= 4 is 17.6 Å². The molecule has 7 nitrogen and oxygen atoms in total. The molecule has 0 bridgehead atoms. The number of piperazine rings is 1. The van der Waals surface area contributed by atoms with Crippen LogP contribution in [0.2, 0.25) is 0 Å². The number of aromatic nitrogens is 2. The Morgan fingerprint density at radius 3 is 2.54 bits per heavy atom. The predicted molar refractivity (Wildman–Crippen MR) is 138 cm³/mol. The molecule has 35 heavy (non-hydrogen) atoms. The van der Waals surface area contributed by atoms with Gasteiger partial charge >= 0.3 is 0 Å². The fourth-order valence-electron chi connectivity index (χ4n) is 5.38. The maximum atomic E-state index is 13.2. The van der Waals surface area contributed by atoms with Crippen LogP contribution in [-0.4, -0.2) is 59.4 Å².